The second-order valence-corrected chi connectivity index (χ2v) is 6.38. The highest BCUT2D eigenvalue weighted by atomic mass is 32.2. The molecule has 0 atom stereocenters. The Balaban J connectivity index is 1.96. The zero-order chi connectivity index (χ0) is 14.9. The van der Waals surface area contributed by atoms with E-state index in [1.807, 2.05) is 13.0 Å². The van der Waals surface area contributed by atoms with Crippen molar-refractivity contribution < 1.29 is 4.74 Å². The SMILES string of the molecule is CCNc1cc(NCC2CCSCC2)nc(COCC)n1. The highest BCUT2D eigenvalue weighted by Gasteiger charge is 2.14. The zero-order valence-corrected chi connectivity index (χ0v) is 13.8. The maximum absolute atomic E-state index is 5.42. The lowest BCUT2D eigenvalue weighted by molar-refractivity contribution is 0.128. The van der Waals surface area contributed by atoms with E-state index in [-0.39, 0.29) is 0 Å². The third kappa shape index (κ3) is 5.71. The van der Waals surface area contributed by atoms with Crippen LogP contribution < -0.4 is 10.6 Å². The van der Waals surface area contributed by atoms with Crippen LogP contribution in [0.25, 0.3) is 0 Å². The molecule has 0 bridgehead atoms. The number of aromatic nitrogens is 2. The summed E-state index contributed by atoms with van der Waals surface area (Å²) in [7, 11) is 0. The first-order valence-electron chi connectivity index (χ1n) is 7.83. The molecule has 5 nitrogen and oxygen atoms in total. The fraction of sp³-hybridized carbons (Fsp3) is 0.733. The van der Waals surface area contributed by atoms with E-state index in [4.69, 9.17) is 4.74 Å². The molecule has 2 N–H and O–H groups in total. The Bertz CT molecular complexity index is 424. The number of hydrogen-bond acceptors (Lipinski definition) is 6. The van der Waals surface area contributed by atoms with Crippen molar-refractivity contribution in [2.45, 2.75) is 33.3 Å². The molecule has 0 unspecified atom stereocenters. The minimum absolute atomic E-state index is 0.463. The lowest BCUT2D eigenvalue weighted by atomic mass is 10.0. The molecule has 0 aromatic carbocycles. The topological polar surface area (TPSA) is 59.1 Å². The highest BCUT2D eigenvalue weighted by molar-refractivity contribution is 7.99. The molecule has 1 fully saturated rings. The number of anilines is 2. The number of thioether (sulfide) groups is 1. The van der Waals surface area contributed by atoms with Gasteiger partial charge in [-0.05, 0) is 44.1 Å². The molecule has 0 spiro atoms. The molecule has 0 saturated carbocycles. The van der Waals surface area contributed by atoms with Gasteiger partial charge in [-0.15, -0.1) is 0 Å². The van der Waals surface area contributed by atoms with Gasteiger partial charge in [-0.25, -0.2) is 9.97 Å². The summed E-state index contributed by atoms with van der Waals surface area (Å²) < 4.78 is 5.42. The van der Waals surface area contributed by atoms with Crippen LogP contribution in [0.15, 0.2) is 6.07 Å². The molecule has 1 aromatic heterocycles. The molecule has 0 amide bonds. The molecule has 1 saturated heterocycles. The Hall–Kier alpha value is -1.01. The van der Waals surface area contributed by atoms with Crippen LogP contribution in [-0.4, -0.2) is 41.2 Å². The van der Waals surface area contributed by atoms with E-state index in [9.17, 15) is 0 Å². The predicted octanol–water partition coefficient (Wildman–Crippen LogP) is 3.00. The summed E-state index contributed by atoms with van der Waals surface area (Å²) in [5, 5.41) is 6.73. The Kier molecular flexibility index (Phi) is 7.09. The Morgan fingerprint density at radius 3 is 2.57 bits per heavy atom. The smallest absolute Gasteiger partial charge is 0.158 e. The molecule has 1 aliphatic rings. The van der Waals surface area contributed by atoms with E-state index < -0.39 is 0 Å². The molecular formula is C15H26N4OS. The van der Waals surface area contributed by atoms with Crippen molar-refractivity contribution in [1.82, 2.24) is 9.97 Å². The van der Waals surface area contributed by atoms with Gasteiger partial charge in [0.05, 0.1) is 0 Å². The van der Waals surface area contributed by atoms with Gasteiger partial charge in [0.1, 0.15) is 18.2 Å². The van der Waals surface area contributed by atoms with Crippen molar-refractivity contribution in [1.29, 1.82) is 0 Å². The number of ether oxygens (including phenoxy) is 1. The lowest BCUT2D eigenvalue weighted by Crippen LogP contribution is -2.20. The maximum atomic E-state index is 5.42. The minimum Gasteiger partial charge on any atom is -0.374 e. The summed E-state index contributed by atoms with van der Waals surface area (Å²) >= 11 is 2.06. The van der Waals surface area contributed by atoms with Crippen LogP contribution in [-0.2, 0) is 11.3 Å². The lowest BCUT2D eigenvalue weighted by Gasteiger charge is -2.22. The van der Waals surface area contributed by atoms with Crippen LogP contribution in [0.5, 0.6) is 0 Å². The van der Waals surface area contributed by atoms with Gasteiger partial charge in [0.25, 0.3) is 0 Å². The van der Waals surface area contributed by atoms with Gasteiger partial charge in [-0.2, -0.15) is 11.8 Å². The fourth-order valence-electron chi connectivity index (χ4n) is 2.32. The minimum atomic E-state index is 0.463. The van der Waals surface area contributed by atoms with E-state index in [1.165, 1.54) is 24.3 Å². The predicted molar refractivity (Wildman–Crippen MR) is 90.1 cm³/mol. The summed E-state index contributed by atoms with van der Waals surface area (Å²) in [4.78, 5) is 9.01. The van der Waals surface area contributed by atoms with Crippen molar-refractivity contribution in [2.75, 3.05) is 41.8 Å². The van der Waals surface area contributed by atoms with E-state index in [2.05, 4.69) is 39.3 Å². The average Bonchev–Trinajstić information content (AvgIpc) is 2.52. The molecular weight excluding hydrogens is 284 g/mol. The summed E-state index contributed by atoms with van der Waals surface area (Å²) in [5.41, 5.74) is 0. The number of rotatable bonds is 8. The normalized spacial score (nSPS) is 15.9. The van der Waals surface area contributed by atoms with Crippen molar-refractivity contribution in [3.8, 4) is 0 Å². The first-order chi connectivity index (χ1) is 10.3. The Labute approximate surface area is 131 Å². The summed E-state index contributed by atoms with van der Waals surface area (Å²) in [6.45, 7) is 7.04. The van der Waals surface area contributed by atoms with E-state index >= 15 is 0 Å². The molecule has 6 heteroatoms. The molecule has 2 heterocycles. The standard InChI is InChI=1S/C15H26N4OS/c1-3-16-13-9-14(19-15(18-13)11-20-4-2)17-10-12-5-7-21-8-6-12/h9,12H,3-8,10-11H2,1-2H3,(H2,16,17,18,19). The molecule has 118 valence electrons. The van der Waals surface area contributed by atoms with Crippen LogP contribution in [0, 0.1) is 5.92 Å². The third-order valence-electron chi connectivity index (χ3n) is 3.48. The number of nitrogens with zero attached hydrogens (tertiary/aromatic N) is 2. The quantitative estimate of drug-likeness (QED) is 0.770. The number of nitrogens with one attached hydrogen (secondary N) is 2. The molecule has 0 aliphatic carbocycles. The fourth-order valence-corrected chi connectivity index (χ4v) is 3.52. The highest BCUT2D eigenvalue weighted by Crippen LogP contribution is 2.23. The molecule has 21 heavy (non-hydrogen) atoms. The van der Waals surface area contributed by atoms with Crippen molar-refractivity contribution in [3.63, 3.8) is 0 Å². The molecule has 2 rings (SSSR count). The second kappa shape index (κ2) is 9.10. The van der Waals surface area contributed by atoms with Gasteiger partial charge < -0.3 is 15.4 Å². The van der Waals surface area contributed by atoms with Crippen molar-refractivity contribution in [2.24, 2.45) is 5.92 Å². The Morgan fingerprint density at radius 1 is 1.19 bits per heavy atom. The summed E-state index contributed by atoms with van der Waals surface area (Å²) in [6, 6.07) is 1.98. The van der Waals surface area contributed by atoms with Crippen molar-refractivity contribution >= 4 is 23.4 Å². The van der Waals surface area contributed by atoms with Gasteiger partial charge >= 0.3 is 0 Å². The van der Waals surface area contributed by atoms with E-state index in [1.54, 1.807) is 0 Å². The number of hydrogen-bond donors (Lipinski definition) is 2. The van der Waals surface area contributed by atoms with Gasteiger partial charge in [0.2, 0.25) is 0 Å². The van der Waals surface area contributed by atoms with Crippen LogP contribution >= 0.6 is 11.8 Å². The zero-order valence-electron chi connectivity index (χ0n) is 13.0. The van der Waals surface area contributed by atoms with Gasteiger partial charge in [0, 0.05) is 25.8 Å². The van der Waals surface area contributed by atoms with Crippen LogP contribution in [0.3, 0.4) is 0 Å². The first-order valence-corrected chi connectivity index (χ1v) is 8.98. The maximum Gasteiger partial charge on any atom is 0.158 e. The van der Waals surface area contributed by atoms with Crippen LogP contribution in [0.2, 0.25) is 0 Å². The molecule has 0 radical (unpaired) electrons. The van der Waals surface area contributed by atoms with Gasteiger partial charge in [-0.3, -0.25) is 0 Å². The van der Waals surface area contributed by atoms with Crippen LogP contribution in [0.1, 0.15) is 32.5 Å². The van der Waals surface area contributed by atoms with Crippen molar-refractivity contribution in [3.05, 3.63) is 11.9 Å². The van der Waals surface area contributed by atoms with Gasteiger partial charge in [-0.1, -0.05) is 0 Å². The third-order valence-corrected chi connectivity index (χ3v) is 4.53. The van der Waals surface area contributed by atoms with E-state index in [0.717, 1.165) is 36.5 Å². The largest absolute Gasteiger partial charge is 0.374 e. The summed E-state index contributed by atoms with van der Waals surface area (Å²) in [6.07, 6.45) is 2.60. The molecule has 1 aliphatic heterocycles. The van der Waals surface area contributed by atoms with Crippen LogP contribution in [0.4, 0.5) is 11.6 Å². The monoisotopic (exact) mass is 310 g/mol. The van der Waals surface area contributed by atoms with E-state index in [0.29, 0.717) is 13.2 Å². The molecule has 1 aromatic rings. The first kappa shape index (κ1) is 16.4. The van der Waals surface area contributed by atoms with Gasteiger partial charge in [0.15, 0.2) is 5.82 Å². The average molecular weight is 310 g/mol. The second-order valence-electron chi connectivity index (χ2n) is 5.16. The Morgan fingerprint density at radius 2 is 1.90 bits per heavy atom. The summed E-state index contributed by atoms with van der Waals surface area (Å²) in [5.74, 6) is 5.83.